The van der Waals surface area contributed by atoms with E-state index in [1.54, 1.807) is 6.92 Å². The highest BCUT2D eigenvalue weighted by atomic mass is 16.2. The van der Waals surface area contributed by atoms with E-state index in [-0.39, 0.29) is 18.4 Å². The van der Waals surface area contributed by atoms with Crippen molar-refractivity contribution in [1.82, 2.24) is 10.6 Å². The largest absolute Gasteiger partial charge is 0.335 e. The van der Waals surface area contributed by atoms with Gasteiger partial charge in [0.25, 0.3) is 0 Å². The standard InChI is InChI=1S/C20H19N3O3/c1-11-17(19(25)23-20(26)21-11)10-18(24)22-14-6-7-16-13(9-14)8-12-4-2-3-5-15(12)16/h2-7,9,11,17H,8,10H2,1H3,(H,22,24)(H2,21,23,25,26). The second-order valence-electron chi connectivity index (χ2n) is 6.82. The van der Waals surface area contributed by atoms with Crippen LogP contribution in [0.2, 0.25) is 0 Å². The second-order valence-corrected chi connectivity index (χ2v) is 6.82. The molecule has 1 fully saturated rings. The lowest BCUT2D eigenvalue weighted by Gasteiger charge is -2.28. The van der Waals surface area contributed by atoms with Crippen molar-refractivity contribution >= 4 is 23.5 Å². The van der Waals surface area contributed by atoms with Crippen LogP contribution in [0.3, 0.4) is 0 Å². The first-order valence-corrected chi connectivity index (χ1v) is 8.63. The molecule has 2 aromatic rings. The van der Waals surface area contributed by atoms with Gasteiger partial charge in [-0.25, -0.2) is 4.79 Å². The summed E-state index contributed by atoms with van der Waals surface area (Å²) in [6.45, 7) is 1.72. The number of carbonyl (C=O) groups excluding carboxylic acids is 3. The monoisotopic (exact) mass is 349 g/mol. The number of carbonyl (C=O) groups is 3. The Bertz CT molecular complexity index is 922. The molecule has 0 radical (unpaired) electrons. The van der Waals surface area contributed by atoms with Gasteiger partial charge in [0, 0.05) is 18.2 Å². The molecule has 0 saturated carbocycles. The molecule has 3 N–H and O–H groups in total. The number of imide groups is 1. The van der Waals surface area contributed by atoms with Gasteiger partial charge in [-0.15, -0.1) is 0 Å². The van der Waals surface area contributed by atoms with Gasteiger partial charge < -0.3 is 10.6 Å². The SMILES string of the molecule is CC1NC(=O)NC(=O)C1CC(=O)Nc1ccc2c(c1)Cc1ccccc1-2. The highest BCUT2D eigenvalue weighted by molar-refractivity contribution is 6.01. The van der Waals surface area contributed by atoms with Crippen molar-refractivity contribution < 1.29 is 14.4 Å². The number of hydrogen-bond acceptors (Lipinski definition) is 3. The summed E-state index contributed by atoms with van der Waals surface area (Å²) in [5, 5.41) is 7.69. The number of hydrogen-bond donors (Lipinski definition) is 3. The van der Waals surface area contributed by atoms with Crippen LogP contribution in [0.1, 0.15) is 24.5 Å². The zero-order valence-electron chi connectivity index (χ0n) is 14.3. The molecule has 1 heterocycles. The maximum atomic E-state index is 12.4. The van der Waals surface area contributed by atoms with E-state index >= 15 is 0 Å². The summed E-state index contributed by atoms with van der Waals surface area (Å²) in [6.07, 6.45) is 0.869. The molecule has 2 atom stereocenters. The van der Waals surface area contributed by atoms with Gasteiger partial charge in [-0.2, -0.15) is 0 Å². The first-order chi connectivity index (χ1) is 12.5. The van der Waals surface area contributed by atoms with Crippen molar-refractivity contribution in [3.05, 3.63) is 53.6 Å². The molecule has 0 spiro atoms. The molecule has 1 aliphatic heterocycles. The number of anilines is 1. The number of benzene rings is 2. The molecule has 6 nitrogen and oxygen atoms in total. The van der Waals surface area contributed by atoms with Crippen LogP contribution in [-0.4, -0.2) is 23.9 Å². The minimum atomic E-state index is -0.577. The van der Waals surface area contributed by atoms with Gasteiger partial charge in [-0.1, -0.05) is 30.3 Å². The van der Waals surface area contributed by atoms with E-state index in [0.717, 1.165) is 12.1 Å². The summed E-state index contributed by atoms with van der Waals surface area (Å²) < 4.78 is 0. The molecule has 2 unspecified atom stereocenters. The maximum Gasteiger partial charge on any atom is 0.321 e. The van der Waals surface area contributed by atoms with E-state index in [9.17, 15) is 14.4 Å². The predicted octanol–water partition coefficient (Wildman–Crippen LogP) is 2.43. The molecule has 0 aromatic heterocycles. The van der Waals surface area contributed by atoms with Crippen molar-refractivity contribution in [1.29, 1.82) is 0 Å². The van der Waals surface area contributed by atoms with Crippen LogP contribution < -0.4 is 16.0 Å². The van der Waals surface area contributed by atoms with Gasteiger partial charge in [0.15, 0.2) is 0 Å². The summed E-state index contributed by atoms with van der Waals surface area (Å²) in [6, 6.07) is 13.3. The number of rotatable bonds is 3. The third-order valence-corrected chi connectivity index (χ3v) is 5.02. The number of fused-ring (bicyclic) bond motifs is 3. The molecule has 2 aliphatic rings. The summed E-state index contributed by atoms with van der Waals surface area (Å²) in [5.41, 5.74) is 5.62. The molecule has 0 bridgehead atoms. The van der Waals surface area contributed by atoms with Crippen molar-refractivity contribution in [2.75, 3.05) is 5.32 Å². The van der Waals surface area contributed by atoms with E-state index in [1.807, 2.05) is 30.3 Å². The third kappa shape index (κ3) is 2.94. The highest BCUT2D eigenvalue weighted by Gasteiger charge is 2.34. The van der Waals surface area contributed by atoms with Crippen LogP contribution >= 0.6 is 0 Å². The Hall–Kier alpha value is -3.15. The van der Waals surface area contributed by atoms with Gasteiger partial charge in [0.1, 0.15) is 0 Å². The average Bonchev–Trinajstić information content (AvgIpc) is 2.95. The first-order valence-electron chi connectivity index (χ1n) is 8.63. The zero-order valence-corrected chi connectivity index (χ0v) is 14.3. The minimum Gasteiger partial charge on any atom is -0.335 e. The van der Waals surface area contributed by atoms with E-state index in [4.69, 9.17) is 0 Å². The fourth-order valence-corrected chi connectivity index (χ4v) is 3.68. The van der Waals surface area contributed by atoms with Crippen molar-refractivity contribution in [3.8, 4) is 11.1 Å². The molecule has 132 valence electrons. The molecule has 6 heteroatoms. The van der Waals surface area contributed by atoms with Crippen LogP contribution in [-0.2, 0) is 16.0 Å². The molecule has 1 saturated heterocycles. The highest BCUT2D eigenvalue weighted by Crippen LogP contribution is 2.37. The molecule has 4 amide bonds. The first kappa shape index (κ1) is 16.3. The predicted molar refractivity (Wildman–Crippen MR) is 97.6 cm³/mol. The van der Waals surface area contributed by atoms with Crippen molar-refractivity contribution in [2.24, 2.45) is 5.92 Å². The Balaban J connectivity index is 1.45. The average molecular weight is 349 g/mol. The van der Waals surface area contributed by atoms with Gasteiger partial charge in [-0.3, -0.25) is 14.9 Å². The van der Waals surface area contributed by atoms with Crippen molar-refractivity contribution in [3.63, 3.8) is 0 Å². The lowest BCUT2D eigenvalue weighted by Crippen LogP contribution is -2.57. The van der Waals surface area contributed by atoms with E-state index in [0.29, 0.717) is 0 Å². The topological polar surface area (TPSA) is 87.3 Å². The summed E-state index contributed by atoms with van der Waals surface area (Å²) in [5.74, 6) is -1.24. The van der Waals surface area contributed by atoms with Gasteiger partial charge >= 0.3 is 6.03 Å². The lowest BCUT2D eigenvalue weighted by molar-refractivity contribution is -0.129. The van der Waals surface area contributed by atoms with Gasteiger partial charge in [-0.05, 0) is 47.7 Å². The van der Waals surface area contributed by atoms with E-state index in [1.165, 1.54) is 22.3 Å². The number of nitrogens with one attached hydrogen (secondary N) is 3. The zero-order chi connectivity index (χ0) is 18.3. The maximum absolute atomic E-state index is 12.4. The second kappa shape index (κ2) is 6.29. The van der Waals surface area contributed by atoms with Gasteiger partial charge in [0.2, 0.25) is 11.8 Å². The lowest BCUT2D eigenvalue weighted by atomic mass is 9.94. The Morgan fingerprint density at radius 1 is 1.12 bits per heavy atom. The fourth-order valence-electron chi connectivity index (χ4n) is 3.68. The van der Waals surface area contributed by atoms with Crippen LogP contribution in [0.5, 0.6) is 0 Å². The number of amides is 4. The third-order valence-electron chi connectivity index (χ3n) is 5.02. The molecule has 4 rings (SSSR count). The summed E-state index contributed by atoms with van der Waals surface area (Å²) in [7, 11) is 0. The van der Waals surface area contributed by atoms with E-state index in [2.05, 4.69) is 28.1 Å². The van der Waals surface area contributed by atoms with Crippen LogP contribution in [0, 0.1) is 5.92 Å². The van der Waals surface area contributed by atoms with Crippen molar-refractivity contribution in [2.45, 2.75) is 25.8 Å². The summed E-state index contributed by atoms with van der Waals surface area (Å²) in [4.78, 5) is 35.6. The van der Waals surface area contributed by atoms with Gasteiger partial charge in [0.05, 0.1) is 5.92 Å². The Morgan fingerprint density at radius 3 is 2.69 bits per heavy atom. The summed E-state index contributed by atoms with van der Waals surface area (Å²) >= 11 is 0. The Kier molecular flexibility index (Phi) is 3.95. The Labute approximate surface area is 151 Å². The van der Waals surface area contributed by atoms with E-state index < -0.39 is 17.9 Å². The quantitative estimate of drug-likeness (QED) is 0.679. The van der Waals surface area contributed by atoms with Crippen LogP contribution in [0.25, 0.3) is 11.1 Å². The Morgan fingerprint density at radius 2 is 1.88 bits per heavy atom. The normalized spacial score (nSPS) is 20.7. The van der Waals surface area contributed by atoms with Crippen LogP contribution in [0.15, 0.2) is 42.5 Å². The molecule has 1 aliphatic carbocycles. The van der Waals surface area contributed by atoms with Crippen LogP contribution in [0.4, 0.5) is 10.5 Å². The fraction of sp³-hybridized carbons (Fsp3) is 0.250. The number of urea groups is 1. The molecular formula is C20H19N3O3. The minimum absolute atomic E-state index is 0.0184. The molecule has 2 aromatic carbocycles. The molecule has 26 heavy (non-hydrogen) atoms. The molecular weight excluding hydrogens is 330 g/mol. The smallest absolute Gasteiger partial charge is 0.321 e.